The first-order chi connectivity index (χ1) is 17.9. The van der Waals surface area contributed by atoms with Gasteiger partial charge in [-0.2, -0.15) is 5.10 Å². The number of methoxy groups -OCH3 is 2. The van der Waals surface area contributed by atoms with Gasteiger partial charge in [-0.3, -0.25) is 4.79 Å². The van der Waals surface area contributed by atoms with Crippen LogP contribution in [0, 0.1) is 13.8 Å². The lowest BCUT2D eigenvalue weighted by Gasteiger charge is -2.10. The number of hydrogen-bond acceptors (Lipinski definition) is 6. The van der Waals surface area contributed by atoms with E-state index in [1.807, 2.05) is 26.0 Å². The number of benzene rings is 3. The summed E-state index contributed by atoms with van der Waals surface area (Å²) in [5.74, 6) is 0.397. The molecule has 0 fully saturated rings. The summed E-state index contributed by atoms with van der Waals surface area (Å²) in [6.45, 7) is 4.07. The summed E-state index contributed by atoms with van der Waals surface area (Å²) in [7, 11) is 3.03. The molecule has 1 amide bonds. The molecule has 0 saturated carbocycles. The maximum atomic E-state index is 12.5. The number of amides is 1. The van der Waals surface area contributed by atoms with Gasteiger partial charge in [0.15, 0.2) is 11.5 Å². The molecule has 4 rings (SSSR count). The Morgan fingerprint density at radius 1 is 0.784 bits per heavy atom. The van der Waals surface area contributed by atoms with Crippen LogP contribution in [-0.4, -0.2) is 36.9 Å². The van der Waals surface area contributed by atoms with Crippen LogP contribution in [0.4, 0.5) is 0 Å². The highest BCUT2D eigenvalue weighted by molar-refractivity contribution is 5.95. The highest BCUT2D eigenvalue weighted by atomic mass is 16.6. The minimum Gasteiger partial charge on any atom is -0.497 e. The lowest BCUT2D eigenvalue weighted by molar-refractivity contribution is 0.0729. The highest BCUT2D eigenvalue weighted by Crippen LogP contribution is 2.28. The van der Waals surface area contributed by atoms with Crippen LogP contribution in [0.3, 0.4) is 0 Å². The predicted molar refractivity (Wildman–Crippen MR) is 141 cm³/mol. The van der Waals surface area contributed by atoms with Crippen LogP contribution in [0.15, 0.2) is 84.0 Å². The van der Waals surface area contributed by atoms with E-state index in [0.29, 0.717) is 28.2 Å². The molecule has 3 aromatic carbocycles. The Bertz CT molecular complexity index is 1420. The number of carbonyl (C=O) groups excluding carboxylic acids is 2. The van der Waals surface area contributed by atoms with Gasteiger partial charge < -0.3 is 18.8 Å². The average molecular weight is 498 g/mol. The largest absolute Gasteiger partial charge is 0.497 e. The summed E-state index contributed by atoms with van der Waals surface area (Å²) in [5.41, 5.74) is 7.27. The van der Waals surface area contributed by atoms with Crippen molar-refractivity contribution in [3.8, 4) is 22.9 Å². The highest BCUT2D eigenvalue weighted by Gasteiger charge is 2.13. The third-order valence-corrected chi connectivity index (χ3v) is 5.75. The minimum absolute atomic E-state index is 0.262. The van der Waals surface area contributed by atoms with E-state index in [4.69, 9.17) is 14.2 Å². The molecule has 1 heterocycles. The second kappa shape index (κ2) is 11.3. The van der Waals surface area contributed by atoms with Crippen LogP contribution >= 0.6 is 0 Å². The first-order valence-corrected chi connectivity index (χ1v) is 11.5. The molecule has 0 saturated heterocycles. The minimum atomic E-state index is -0.525. The SMILES string of the molecule is COc1ccc(C(=O)Oc2ccc(/C=N\NC(=O)c3ccc(-n4c(C)ccc4C)cc3)cc2OC)cc1. The smallest absolute Gasteiger partial charge is 0.343 e. The molecule has 0 bridgehead atoms. The van der Waals surface area contributed by atoms with Crippen molar-refractivity contribution < 1.29 is 23.8 Å². The van der Waals surface area contributed by atoms with Gasteiger partial charge in [0.05, 0.1) is 26.0 Å². The van der Waals surface area contributed by atoms with Crippen molar-refractivity contribution in [2.45, 2.75) is 13.8 Å². The fraction of sp³-hybridized carbons (Fsp3) is 0.138. The lowest BCUT2D eigenvalue weighted by Crippen LogP contribution is -2.17. The maximum absolute atomic E-state index is 12.5. The van der Waals surface area contributed by atoms with Gasteiger partial charge >= 0.3 is 5.97 Å². The molecule has 0 radical (unpaired) electrons. The molecule has 37 heavy (non-hydrogen) atoms. The van der Waals surface area contributed by atoms with Crippen molar-refractivity contribution in [2.24, 2.45) is 5.10 Å². The zero-order chi connectivity index (χ0) is 26.4. The Balaban J connectivity index is 1.39. The van der Waals surface area contributed by atoms with Gasteiger partial charge in [-0.15, -0.1) is 0 Å². The third-order valence-electron chi connectivity index (χ3n) is 5.75. The number of esters is 1. The fourth-order valence-corrected chi connectivity index (χ4v) is 3.80. The third kappa shape index (κ3) is 5.87. The number of aryl methyl sites for hydroxylation is 2. The Morgan fingerprint density at radius 3 is 2.05 bits per heavy atom. The van der Waals surface area contributed by atoms with Crippen molar-refractivity contribution >= 4 is 18.1 Å². The summed E-state index contributed by atoms with van der Waals surface area (Å²) < 4.78 is 18.1. The molecule has 0 aliphatic rings. The van der Waals surface area contributed by atoms with Crippen LogP contribution in [-0.2, 0) is 0 Å². The van der Waals surface area contributed by atoms with Crippen LogP contribution in [0.25, 0.3) is 5.69 Å². The van der Waals surface area contributed by atoms with Crippen LogP contribution in [0.1, 0.15) is 37.7 Å². The summed E-state index contributed by atoms with van der Waals surface area (Å²) in [4.78, 5) is 25.0. The van der Waals surface area contributed by atoms with Gasteiger partial charge in [0, 0.05) is 22.6 Å². The standard InChI is InChI=1S/C29H27N3O5/c1-19-5-6-20(2)32(19)24-12-8-22(9-13-24)28(33)31-30-18-21-7-16-26(27(17-21)36-4)37-29(34)23-10-14-25(35-3)15-11-23/h5-18H,1-4H3,(H,31,33)/b30-18-. The molecule has 1 N–H and O–H groups in total. The van der Waals surface area contributed by atoms with Gasteiger partial charge in [-0.05, 0) is 98.3 Å². The number of rotatable bonds is 8. The average Bonchev–Trinajstić information content (AvgIpc) is 3.26. The zero-order valence-electron chi connectivity index (χ0n) is 21.0. The Kier molecular flexibility index (Phi) is 7.68. The van der Waals surface area contributed by atoms with Gasteiger partial charge in [-0.25, -0.2) is 10.2 Å². The van der Waals surface area contributed by atoms with Gasteiger partial charge in [0.1, 0.15) is 5.75 Å². The van der Waals surface area contributed by atoms with Crippen LogP contribution < -0.4 is 19.6 Å². The Labute approximate surface area is 215 Å². The molecule has 1 aromatic heterocycles. The van der Waals surface area contributed by atoms with Gasteiger partial charge in [0.2, 0.25) is 0 Å². The van der Waals surface area contributed by atoms with Crippen molar-refractivity contribution in [1.82, 2.24) is 9.99 Å². The first-order valence-electron chi connectivity index (χ1n) is 11.5. The molecular formula is C29H27N3O5. The topological polar surface area (TPSA) is 91.2 Å². The molecular weight excluding hydrogens is 470 g/mol. The second-order valence-electron chi connectivity index (χ2n) is 8.23. The number of aromatic nitrogens is 1. The van der Waals surface area contributed by atoms with E-state index in [1.54, 1.807) is 61.7 Å². The molecule has 0 unspecified atom stereocenters. The molecule has 0 aliphatic heterocycles. The molecule has 4 aromatic rings. The van der Waals surface area contributed by atoms with E-state index >= 15 is 0 Å². The van der Waals surface area contributed by atoms with Crippen molar-refractivity contribution in [2.75, 3.05) is 14.2 Å². The number of hydrazone groups is 1. The normalized spacial score (nSPS) is 10.8. The van der Waals surface area contributed by atoms with Gasteiger partial charge in [-0.1, -0.05) is 0 Å². The number of ether oxygens (including phenoxy) is 3. The van der Waals surface area contributed by atoms with E-state index in [9.17, 15) is 9.59 Å². The lowest BCUT2D eigenvalue weighted by atomic mass is 10.2. The van der Waals surface area contributed by atoms with Crippen LogP contribution in [0.5, 0.6) is 17.2 Å². The Hall–Kier alpha value is -4.85. The molecule has 188 valence electrons. The number of nitrogens with one attached hydrogen (secondary N) is 1. The molecule has 0 atom stereocenters. The van der Waals surface area contributed by atoms with Crippen molar-refractivity contribution in [3.05, 3.63) is 107 Å². The van der Waals surface area contributed by atoms with E-state index < -0.39 is 5.97 Å². The number of nitrogens with zero attached hydrogens (tertiary/aromatic N) is 2. The van der Waals surface area contributed by atoms with Crippen molar-refractivity contribution in [1.29, 1.82) is 0 Å². The molecule has 0 spiro atoms. The van der Waals surface area contributed by atoms with Crippen LogP contribution in [0.2, 0.25) is 0 Å². The monoisotopic (exact) mass is 497 g/mol. The summed E-state index contributed by atoms with van der Waals surface area (Å²) in [6, 6.07) is 23.0. The zero-order valence-corrected chi connectivity index (χ0v) is 21.0. The summed E-state index contributed by atoms with van der Waals surface area (Å²) in [5, 5.41) is 4.04. The molecule has 8 heteroatoms. The summed E-state index contributed by atoms with van der Waals surface area (Å²) in [6.07, 6.45) is 1.48. The van der Waals surface area contributed by atoms with E-state index in [0.717, 1.165) is 17.1 Å². The van der Waals surface area contributed by atoms with E-state index in [-0.39, 0.29) is 11.7 Å². The second-order valence-corrected chi connectivity index (χ2v) is 8.23. The van der Waals surface area contributed by atoms with E-state index in [2.05, 4.69) is 27.2 Å². The van der Waals surface area contributed by atoms with E-state index in [1.165, 1.54) is 13.3 Å². The first kappa shape index (κ1) is 25.2. The molecule has 0 aliphatic carbocycles. The van der Waals surface area contributed by atoms with Crippen molar-refractivity contribution in [3.63, 3.8) is 0 Å². The fourth-order valence-electron chi connectivity index (χ4n) is 3.80. The quantitative estimate of drug-likeness (QED) is 0.158. The maximum Gasteiger partial charge on any atom is 0.343 e. The number of hydrogen-bond donors (Lipinski definition) is 1. The number of carbonyl (C=O) groups is 2. The van der Waals surface area contributed by atoms with Gasteiger partial charge in [0.25, 0.3) is 5.91 Å². The predicted octanol–water partition coefficient (Wildman–Crippen LogP) is 5.09. The summed E-state index contributed by atoms with van der Waals surface area (Å²) >= 11 is 0. The molecule has 8 nitrogen and oxygen atoms in total. The Morgan fingerprint density at radius 2 is 1.43 bits per heavy atom.